The van der Waals surface area contributed by atoms with Gasteiger partial charge in [-0.05, 0) is 41.5 Å². The maximum absolute atomic E-state index is 13.4. The van der Waals surface area contributed by atoms with Crippen molar-refractivity contribution in [2.75, 3.05) is 18.9 Å². The van der Waals surface area contributed by atoms with Crippen molar-refractivity contribution in [1.82, 2.24) is 9.62 Å². The van der Waals surface area contributed by atoms with Crippen LogP contribution in [0.1, 0.15) is 50.8 Å². The number of sulfonamides is 1. The van der Waals surface area contributed by atoms with Crippen LogP contribution in [-0.4, -0.2) is 48.0 Å². The molecule has 2 N–H and O–H groups in total. The van der Waals surface area contributed by atoms with E-state index in [4.69, 9.17) is 0 Å². The molecule has 0 saturated carbocycles. The van der Waals surface area contributed by atoms with E-state index in [1.165, 1.54) is 16.1 Å². The number of carbonyl (C=O) groups excluding carboxylic acids is 1. The molecule has 2 atom stereocenters. The first-order valence-electron chi connectivity index (χ1n) is 10.9. The van der Waals surface area contributed by atoms with Crippen LogP contribution in [0.3, 0.4) is 0 Å². The lowest BCUT2D eigenvalue weighted by atomic mass is 9.82. The molecule has 0 aromatic heterocycles. The number of rotatable bonds is 9. The third-order valence-electron chi connectivity index (χ3n) is 6.14. The largest absolute Gasteiger partial charge is 0.396 e. The summed E-state index contributed by atoms with van der Waals surface area (Å²) < 4.78 is 28.0. The second kappa shape index (κ2) is 10.4. The highest BCUT2D eigenvalue weighted by Crippen LogP contribution is 2.33. The summed E-state index contributed by atoms with van der Waals surface area (Å²) in [6.45, 7) is 6.56. The van der Waals surface area contributed by atoms with Gasteiger partial charge in [0.15, 0.2) is 0 Å². The fraction of sp³-hybridized carbons (Fsp3) is 0.458. The number of benzene rings is 2. The first-order valence-corrected chi connectivity index (χ1v) is 13.4. The normalized spacial score (nSPS) is 18.4. The summed E-state index contributed by atoms with van der Waals surface area (Å²) in [6, 6.07) is 16.0. The number of nitrogens with zero attached hydrogens (tertiary/aromatic N) is 1. The molecule has 32 heavy (non-hydrogen) atoms. The maximum Gasteiger partial charge on any atom is 0.249 e. The second-order valence-electron chi connectivity index (χ2n) is 8.58. The predicted molar refractivity (Wildman–Crippen MR) is 129 cm³/mol. The minimum absolute atomic E-state index is 0.0344. The molecule has 0 radical (unpaired) electrons. The zero-order valence-electron chi connectivity index (χ0n) is 18.8. The number of aliphatic hydroxyl groups excluding tert-OH is 1. The van der Waals surface area contributed by atoms with Crippen LogP contribution in [0.5, 0.6) is 0 Å². The summed E-state index contributed by atoms with van der Waals surface area (Å²) in [5.74, 6) is 0.191. The van der Waals surface area contributed by atoms with Crippen molar-refractivity contribution in [2.24, 2.45) is 0 Å². The molecular weight excluding hydrogens is 444 g/mol. The first kappa shape index (κ1) is 24.8. The molecule has 1 unspecified atom stereocenters. The third-order valence-corrected chi connectivity index (χ3v) is 9.35. The molecule has 6 nitrogen and oxygen atoms in total. The number of carbonyl (C=O) groups is 1. The van der Waals surface area contributed by atoms with E-state index < -0.39 is 15.4 Å². The average molecular weight is 477 g/mol. The summed E-state index contributed by atoms with van der Waals surface area (Å²) in [5, 5.41) is 11.5. The van der Waals surface area contributed by atoms with E-state index >= 15 is 0 Å². The van der Waals surface area contributed by atoms with Crippen molar-refractivity contribution in [3.05, 3.63) is 65.7 Å². The lowest BCUT2D eigenvalue weighted by molar-refractivity contribution is -0.123. The van der Waals surface area contributed by atoms with Crippen molar-refractivity contribution in [1.29, 1.82) is 0 Å². The van der Waals surface area contributed by atoms with E-state index in [2.05, 4.69) is 26.1 Å². The van der Waals surface area contributed by atoms with Crippen molar-refractivity contribution in [3.8, 4) is 0 Å². The number of thioether (sulfide) groups is 1. The Labute approximate surface area is 195 Å². The molecule has 8 heteroatoms. The van der Waals surface area contributed by atoms with Crippen LogP contribution in [-0.2, 0) is 20.2 Å². The third kappa shape index (κ3) is 5.36. The molecule has 1 aliphatic heterocycles. The van der Waals surface area contributed by atoms with Crippen LogP contribution in [0.25, 0.3) is 0 Å². The van der Waals surface area contributed by atoms with E-state index in [0.717, 1.165) is 17.5 Å². The molecule has 0 bridgehead atoms. The van der Waals surface area contributed by atoms with E-state index in [-0.39, 0.29) is 35.4 Å². The fourth-order valence-electron chi connectivity index (χ4n) is 3.70. The zero-order chi connectivity index (χ0) is 23.4. The zero-order valence-corrected chi connectivity index (χ0v) is 20.5. The fourth-order valence-corrected chi connectivity index (χ4v) is 6.79. The van der Waals surface area contributed by atoms with Crippen molar-refractivity contribution < 1.29 is 18.3 Å². The van der Waals surface area contributed by atoms with Crippen molar-refractivity contribution in [3.63, 3.8) is 0 Å². The van der Waals surface area contributed by atoms with E-state index in [0.29, 0.717) is 12.2 Å². The van der Waals surface area contributed by atoms with Gasteiger partial charge in [0.05, 0.1) is 10.9 Å². The SMILES string of the molecule is CCC(C)(C)c1ccc(S(=O)(=O)N2CCSC2C(=O)N[C@@H](CCO)c2ccccc2)cc1. The number of aliphatic hydroxyl groups is 1. The minimum Gasteiger partial charge on any atom is -0.396 e. The molecule has 2 aromatic carbocycles. The van der Waals surface area contributed by atoms with Crippen LogP contribution in [0.15, 0.2) is 59.5 Å². The molecule has 0 spiro atoms. The Morgan fingerprint density at radius 2 is 1.84 bits per heavy atom. The average Bonchev–Trinajstić information content (AvgIpc) is 3.30. The van der Waals surface area contributed by atoms with Gasteiger partial charge in [0, 0.05) is 18.9 Å². The van der Waals surface area contributed by atoms with E-state index in [1.54, 1.807) is 12.1 Å². The lowest BCUT2D eigenvalue weighted by Crippen LogP contribution is -2.45. The van der Waals surface area contributed by atoms with Gasteiger partial charge in [-0.2, -0.15) is 4.31 Å². The highest BCUT2D eigenvalue weighted by atomic mass is 32.2. The van der Waals surface area contributed by atoms with Crippen LogP contribution < -0.4 is 5.32 Å². The Kier molecular flexibility index (Phi) is 8.03. The minimum atomic E-state index is -3.81. The Balaban J connectivity index is 1.79. The van der Waals surface area contributed by atoms with Crippen molar-refractivity contribution >= 4 is 27.7 Å². The first-order chi connectivity index (χ1) is 15.2. The molecule has 0 aliphatic carbocycles. The van der Waals surface area contributed by atoms with Gasteiger partial charge in [-0.1, -0.05) is 63.2 Å². The summed E-state index contributed by atoms with van der Waals surface area (Å²) in [7, 11) is -3.81. The summed E-state index contributed by atoms with van der Waals surface area (Å²) in [4.78, 5) is 13.3. The molecule has 1 heterocycles. The Bertz CT molecular complexity index is 1010. The number of amides is 1. The van der Waals surface area contributed by atoms with Gasteiger partial charge in [-0.3, -0.25) is 4.79 Å². The molecular formula is C24H32N2O4S2. The summed E-state index contributed by atoms with van der Waals surface area (Å²) >= 11 is 1.32. The van der Waals surface area contributed by atoms with Gasteiger partial charge in [0.2, 0.25) is 15.9 Å². The van der Waals surface area contributed by atoms with Gasteiger partial charge in [-0.15, -0.1) is 11.8 Å². The Hall–Kier alpha value is -1.87. The van der Waals surface area contributed by atoms with E-state index in [9.17, 15) is 18.3 Å². The quantitative estimate of drug-likeness (QED) is 0.577. The molecule has 2 aromatic rings. The topological polar surface area (TPSA) is 86.7 Å². The summed E-state index contributed by atoms with van der Waals surface area (Å²) in [5.41, 5.74) is 1.92. The number of hydrogen-bond acceptors (Lipinski definition) is 5. The smallest absolute Gasteiger partial charge is 0.249 e. The predicted octanol–water partition coefficient (Wildman–Crippen LogP) is 3.68. The highest BCUT2D eigenvalue weighted by Gasteiger charge is 2.40. The van der Waals surface area contributed by atoms with E-state index in [1.807, 2.05) is 42.5 Å². The highest BCUT2D eigenvalue weighted by molar-refractivity contribution is 8.02. The maximum atomic E-state index is 13.4. The van der Waals surface area contributed by atoms with Gasteiger partial charge >= 0.3 is 0 Å². The lowest BCUT2D eigenvalue weighted by Gasteiger charge is -2.26. The van der Waals surface area contributed by atoms with Gasteiger partial charge in [0.25, 0.3) is 0 Å². The van der Waals surface area contributed by atoms with Crippen LogP contribution in [0.2, 0.25) is 0 Å². The molecule has 174 valence electrons. The molecule has 3 rings (SSSR count). The standard InChI is InChI=1S/C24H32N2O4S2/c1-4-24(2,3)19-10-12-20(13-11-19)32(29,30)26-15-17-31-23(26)22(28)25-21(14-16-27)18-8-6-5-7-9-18/h5-13,21,23,27H,4,14-17H2,1-3H3,(H,25,28)/t21-,23?/m0/s1. The Morgan fingerprint density at radius 3 is 2.44 bits per heavy atom. The summed E-state index contributed by atoms with van der Waals surface area (Å²) in [6.07, 6.45) is 1.30. The molecule has 1 fully saturated rings. The molecule has 1 amide bonds. The van der Waals surface area contributed by atoms with Crippen molar-refractivity contribution in [2.45, 2.75) is 55.3 Å². The Morgan fingerprint density at radius 1 is 1.19 bits per heavy atom. The van der Waals surface area contributed by atoms with Crippen LogP contribution in [0, 0.1) is 0 Å². The molecule has 1 saturated heterocycles. The monoisotopic (exact) mass is 476 g/mol. The van der Waals surface area contributed by atoms with Gasteiger partial charge < -0.3 is 10.4 Å². The van der Waals surface area contributed by atoms with Gasteiger partial charge in [-0.25, -0.2) is 8.42 Å². The van der Waals surface area contributed by atoms with Crippen LogP contribution >= 0.6 is 11.8 Å². The second-order valence-corrected chi connectivity index (χ2v) is 11.7. The van der Waals surface area contributed by atoms with Crippen LogP contribution in [0.4, 0.5) is 0 Å². The number of hydrogen-bond donors (Lipinski definition) is 2. The molecule has 1 aliphatic rings. The number of nitrogens with one attached hydrogen (secondary N) is 1. The van der Waals surface area contributed by atoms with Gasteiger partial charge in [0.1, 0.15) is 5.37 Å².